The zero-order valence-electron chi connectivity index (χ0n) is 23.2. The highest BCUT2D eigenvalue weighted by Gasteiger charge is 2.17. The van der Waals surface area contributed by atoms with Crippen LogP contribution < -0.4 is 10.6 Å². The van der Waals surface area contributed by atoms with Crippen LogP contribution in [0.2, 0.25) is 0 Å². The number of aromatic nitrogens is 1. The summed E-state index contributed by atoms with van der Waals surface area (Å²) < 4.78 is 5.40. The normalized spacial score (nSPS) is 16.4. The molecule has 3 N–H and O–H groups in total. The number of allylic oxidation sites excluding steroid dienone is 1. The summed E-state index contributed by atoms with van der Waals surface area (Å²) in [6.07, 6.45) is 19.5. The van der Waals surface area contributed by atoms with Crippen molar-refractivity contribution >= 4 is 17.6 Å². The molecule has 0 amide bonds. The van der Waals surface area contributed by atoms with Gasteiger partial charge in [0, 0.05) is 18.1 Å². The quantitative estimate of drug-likeness (QED) is 0.188. The lowest BCUT2D eigenvalue weighted by Crippen LogP contribution is -2.32. The number of hydrogen-bond donors (Lipinski definition) is 3. The minimum Gasteiger partial charge on any atom is -0.469 e. The second kappa shape index (κ2) is 16.8. The molecule has 0 saturated carbocycles. The molecule has 0 saturated heterocycles. The van der Waals surface area contributed by atoms with E-state index in [0.717, 1.165) is 35.0 Å². The average Bonchev–Trinajstić information content (AvgIpc) is 3.23. The van der Waals surface area contributed by atoms with Gasteiger partial charge in [0.05, 0.1) is 11.7 Å². The van der Waals surface area contributed by atoms with E-state index >= 15 is 0 Å². The number of anilines is 1. The van der Waals surface area contributed by atoms with Gasteiger partial charge in [0.2, 0.25) is 0 Å². The molecule has 4 nitrogen and oxygen atoms in total. The first-order chi connectivity index (χ1) is 16.8. The summed E-state index contributed by atoms with van der Waals surface area (Å²) in [5.41, 5.74) is 3.75. The second-order valence-electron chi connectivity index (χ2n) is 11.0. The number of thioether (sulfide) groups is 1. The molecule has 0 aliphatic carbocycles. The van der Waals surface area contributed by atoms with Gasteiger partial charge in [-0.1, -0.05) is 78.2 Å². The van der Waals surface area contributed by atoms with Gasteiger partial charge in [-0.2, -0.15) is 0 Å². The number of aryl methyl sites for hydroxylation is 1. The van der Waals surface area contributed by atoms with Gasteiger partial charge in [-0.25, -0.2) is 0 Å². The first-order valence-corrected chi connectivity index (χ1v) is 14.8. The van der Waals surface area contributed by atoms with Gasteiger partial charge in [-0.05, 0) is 61.5 Å². The van der Waals surface area contributed by atoms with Crippen molar-refractivity contribution in [1.29, 1.82) is 0 Å². The SMILES string of the molecule is CC(=CSCC(Nc1[nH]ccc1C)C1=COC=CN1)CCCC(C)CCCC(C)CCCC(C)C. The third kappa shape index (κ3) is 12.7. The van der Waals surface area contributed by atoms with Gasteiger partial charge in [0.25, 0.3) is 0 Å². The molecule has 198 valence electrons. The first-order valence-electron chi connectivity index (χ1n) is 13.8. The molecule has 3 unspecified atom stereocenters. The van der Waals surface area contributed by atoms with Crippen molar-refractivity contribution in [2.75, 3.05) is 11.1 Å². The van der Waals surface area contributed by atoms with Crippen molar-refractivity contribution in [2.45, 2.75) is 105 Å². The molecule has 3 atom stereocenters. The molecule has 2 rings (SSSR count). The van der Waals surface area contributed by atoms with Crippen LogP contribution in [0.5, 0.6) is 0 Å². The van der Waals surface area contributed by atoms with Crippen LogP contribution >= 0.6 is 11.8 Å². The maximum Gasteiger partial charge on any atom is 0.112 e. The van der Waals surface area contributed by atoms with E-state index in [1.54, 1.807) is 12.5 Å². The molecule has 5 heteroatoms. The molecule has 35 heavy (non-hydrogen) atoms. The van der Waals surface area contributed by atoms with Gasteiger partial charge in [-0.3, -0.25) is 0 Å². The molecule has 1 aliphatic heterocycles. The standard InChI is InChI=1S/C30H51N3OS/c1-23(2)10-7-11-24(3)12-8-13-25(4)14-9-15-26(5)21-35-22-29(28-20-34-19-18-31-28)33-30-27(6)16-17-32-30/h16-21,23-25,29,31-33H,7-15,22H2,1-6H3. The van der Waals surface area contributed by atoms with E-state index in [0.29, 0.717) is 0 Å². The molecule has 0 bridgehead atoms. The van der Waals surface area contributed by atoms with Crippen molar-refractivity contribution < 1.29 is 4.74 Å². The minimum atomic E-state index is 0.138. The van der Waals surface area contributed by atoms with Crippen molar-refractivity contribution in [3.63, 3.8) is 0 Å². The van der Waals surface area contributed by atoms with Gasteiger partial charge < -0.3 is 20.4 Å². The maximum atomic E-state index is 5.40. The Hall–Kier alpha value is -1.75. The monoisotopic (exact) mass is 501 g/mol. The number of hydrogen-bond acceptors (Lipinski definition) is 4. The van der Waals surface area contributed by atoms with Gasteiger partial charge in [-0.15, -0.1) is 11.8 Å². The van der Waals surface area contributed by atoms with E-state index < -0.39 is 0 Å². The van der Waals surface area contributed by atoms with Crippen LogP contribution in [0.15, 0.2) is 47.7 Å². The Morgan fingerprint density at radius 1 is 1.03 bits per heavy atom. The molecule has 1 aromatic heterocycles. The van der Waals surface area contributed by atoms with Crippen LogP contribution in [-0.2, 0) is 4.74 Å². The summed E-state index contributed by atoms with van der Waals surface area (Å²) in [7, 11) is 0. The number of H-pyrrole nitrogens is 1. The minimum absolute atomic E-state index is 0.138. The highest BCUT2D eigenvalue weighted by atomic mass is 32.2. The molecule has 0 radical (unpaired) electrons. The molecule has 2 heterocycles. The van der Waals surface area contributed by atoms with Crippen LogP contribution in [0.1, 0.15) is 98.0 Å². The van der Waals surface area contributed by atoms with Crippen molar-refractivity contribution in [2.24, 2.45) is 17.8 Å². The lowest BCUT2D eigenvalue weighted by molar-refractivity contribution is 0.379. The third-order valence-corrected chi connectivity index (χ3v) is 8.02. The predicted molar refractivity (Wildman–Crippen MR) is 155 cm³/mol. The first kappa shape index (κ1) is 29.5. The highest BCUT2D eigenvalue weighted by Crippen LogP contribution is 2.24. The topological polar surface area (TPSA) is 49.1 Å². The molecule has 1 aromatic rings. The zero-order valence-corrected chi connectivity index (χ0v) is 24.0. The molecule has 0 spiro atoms. The Morgan fingerprint density at radius 3 is 2.31 bits per heavy atom. The maximum absolute atomic E-state index is 5.40. The smallest absolute Gasteiger partial charge is 0.112 e. The number of rotatable bonds is 18. The fourth-order valence-corrected chi connectivity index (χ4v) is 5.49. The summed E-state index contributed by atoms with van der Waals surface area (Å²) in [6, 6.07) is 2.23. The van der Waals surface area contributed by atoms with Crippen LogP contribution in [0, 0.1) is 24.7 Å². The van der Waals surface area contributed by atoms with E-state index in [4.69, 9.17) is 4.74 Å². The predicted octanol–water partition coefficient (Wildman–Crippen LogP) is 9.11. The highest BCUT2D eigenvalue weighted by molar-refractivity contribution is 8.02. The molecular weight excluding hydrogens is 450 g/mol. The number of ether oxygens (including phenoxy) is 1. The third-order valence-electron chi connectivity index (χ3n) is 6.93. The zero-order chi connectivity index (χ0) is 25.5. The Balaban J connectivity index is 1.64. The van der Waals surface area contributed by atoms with Crippen LogP contribution in [0.4, 0.5) is 5.82 Å². The Labute approximate surface area is 219 Å². The van der Waals surface area contributed by atoms with Crippen LogP contribution in [0.25, 0.3) is 0 Å². The van der Waals surface area contributed by atoms with Crippen molar-refractivity contribution in [3.05, 3.63) is 53.2 Å². The van der Waals surface area contributed by atoms with E-state index in [-0.39, 0.29) is 6.04 Å². The van der Waals surface area contributed by atoms with Gasteiger partial charge in [0.15, 0.2) is 0 Å². The summed E-state index contributed by atoms with van der Waals surface area (Å²) in [5, 5.41) is 9.29. The second-order valence-corrected chi connectivity index (χ2v) is 11.9. The molecule has 1 aliphatic rings. The number of aromatic amines is 1. The van der Waals surface area contributed by atoms with Crippen molar-refractivity contribution in [3.8, 4) is 0 Å². The molecule has 0 aromatic carbocycles. The molecular formula is C30H51N3OS. The Morgan fingerprint density at radius 2 is 1.71 bits per heavy atom. The summed E-state index contributed by atoms with van der Waals surface area (Å²) >= 11 is 1.88. The Bertz CT molecular complexity index is 795. The van der Waals surface area contributed by atoms with E-state index in [2.05, 4.69) is 68.6 Å². The fourth-order valence-electron chi connectivity index (χ4n) is 4.54. The average molecular weight is 502 g/mol. The number of nitrogens with one attached hydrogen (secondary N) is 3. The Kier molecular flexibility index (Phi) is 14.2. The van der Waals surface area contributed by atoms with Gasteiger partial charge in [0.1, 0.15) is 18.3 Å². The van der Waals surface area contributed by atoms with E-state index in [1.165, 1.54) is 68.9 Å². The molecule has 0 fully saturated rings. The lowest BCUT2D eigenvalue weighted by Gasteiger charge is -2.23. The van der Waals surface area contributed by atoms with Crippen LogP contribution in [-0.4, -0.2) is 16.8 Å². The largest absolute Gasteiger partial charge is 0.469 e. The van der Waals surface area contributed by atoms with E-state index in [1.807, 2.05) is 24.2 Å². The summed E-state index contributed by atoms with van der Waals surface area (Å²) in [6.45, 7) is 13.9. The summed E-state index contributed by atoms with van der Waals surface area (Å²) in [5.74, 6) is 4.57. The lowest BCUT2D eigenvalue weighted by atomic mass is 9.91. The van der Waals surface area contributed by atoms with Gasteiger partial charge >= 0.3 is 0 Å². The summed E-state index contributed by atoms with van der Waals surface area (Å²) in [4.78, 5) is 3.30. The van der Waals surface area contributed by atoms with Crippen molar-refractivity contribution in [1.82, 2.24) is 10.3 Å². The van der Waals surface area contributed by atoms with Crippen LogP contribution in [0.3, 0.4) is 0 Å². The fraction of sp³-hybridized carbons (Fsp3) is 0.667. The van der Waals surface area contributed by atoms with E-state index in [9.17, 15) is 0 Å².